The number of aromatic nitrogens is 2. The summed E-state index contributed by atoms with van der Waals surface area (Å²) in [5.74, 6) is -0.138. The van der Waals surface area contributed by atoms with Crippen molar-refractivity contribution in [1.82, 2.24) is 9.97 Å². The Morgan fingerprint density at radius 2 is 1.87 bits per heavy atom. The zero-order valence-corrected chi connectivity index (χ0v) is 9.20. The first-order valence-electron chi connectivity index (χ1n) is 4.20. The summed E-state index contributed by atoms with van der Waals surface area (Å²) in [5.41, 5.74) is 6.40. The molecule has 0 aliphatic rings. The number of nitrogens with zero attached hydrogens (tertiary/aromatic N) is 2. The molecule has 2 aromatic rings. The lowest BCUT2D eigenvalue weighted by Gasteiger charge is -2.03. The number of benzene rings is 1. The first kappa shape index (κ1) is 10.0. The number of nitrogen functional groups attached to an aromatic ring is 1. The average Bonchev–Trinajstić information content (AvgIpc) is 2.23. The minimum atomic E-state index is -0.313. The van der Waals surface area contributed by atoms with Gasteiger partial charge >= 0.3 is 0 Å². The number of halogens is 2. The van der Waals surface area contributed by atoms with Crippen molar-refractivity contribution in [3.8, 4) is 11.1 Å². The van der Waals surface area contributed by atoms with Crippen LogP contribution in [0.5, 0.6) is 0 Å². The first-order valence-corrected chi connectivity index (χ1v) is 4.99. The van der Waals surface area contributed by atoms with Gasteiger partial charge in [0, 0.05) is 28.0 Å². The van der Waals surface area contributed by atoms with Crippen LogP contribution in [0.15, 0.2) is 35.1 Å². The van der Waals surface area contributed by atoms with Gasteiger partial charge in [-0.2, -0.15) is 0 Å². The molecule has 0 aliphatic carbocycles. The summed E-state index contributed by atoms with van der Waals surface area (Å²) in [6.45, 7) is 0. The molecule has 0 saturated heterocycles. The zero-order valence-electron chi connectivity index (χ0n) is 7.61. The van der Waals surface area contributed by atoms with Crippen molar-refractivity contribution in [2.45, 2.75) is 0 Å². The van der Waals surface area contributed by atoms with Crippen LogP contribution in [0.4, 0.5) is 10.3 Å². The summed E-state index contributed by atoms with van der Waals surface area (Å²) in [6.07, 6.45) is 2.99. The molecule has 0 aliphatic heterocycles. The van der Waals surface area contributed by atoms with Gasteiger partial charge in [0.05, 0.1) is 0 Å². The van der Waals surface area contributed by atoms with E-state index in [4.69, 9.17) is 5.73 Å². The molecule has 1 aromatic heterocycles. The van der Waals surface area contributed by atoms with Crippen molar-refractivity contribution < 1.29 is 4.39 Å². The van der Waals surface area contributed by atoms with E-state index in [0.717, 1.165) is 4.47 Å². The van der Waals surface area contributed by atoms with Gasteiger partial charge < -0.3 is 5.73 Å². The van der Waals surface area contributed by atoms with Gasteiger partial charge in [0.1, 0.15) is 5.82 Å². The van der Waals surface area contributed by atoms with Crippen molar-refractivity contribution in [2.75, 3.05) is 5.73 Å². The van der Waals surface area contributed by atoms with E-state index in [1.165, 1.54) is 18.5 Å². The molecular weight excluding hydrogens is 261 g/mol. The minimum absolute atomic E-state index is 0.175. The zero-order chi connectivity index (χ0) is 10.8. The van der Waals surface area contributed by atoms with E-state index in [0.29, 0.717) is 11.1 Å². The fourth-order valence-corrected chi connectivity index (χ4v) is 1.56. The Hall–Kier alpha value is -1.49. The van der Waals surface area contributed by atoms with Crippen LogP contribution in [-0.2, 0) is 0 Å². The molecule has 1 heterocycles. The summed E-state index contributed by atoms with van der Waals surface area (Å²) in [5, 5.41) is 0. The SMILES string of the molecule is Nc1ncc(-c2cc(Br)ccc2F)cn1. The van der Waals surface area contributed by atoms with Gasteiger partial charge in [-0.1, -0.05) is 15.9 Å². The quantitative estimate of drug-likeness (QED) is 0.864. The number of rotatable bonds is 1. The Labute approximate surface area is 94.3 Å². The topological polar surface area (TPSA) is 51.8 Å². The molecule has 0 unspecified atom stereocenters. The van der Waals surface area contributed by atoms with Gasteiger partial charge in [0.15, 0.2) is 0 Å². The highest BCUT2D eigenvalue weighted by molar-refractivity contribution is 9.10. The summed E-state index contributed by atoms with van der Waals surface area (Å²) in [7, 11) is 0. The third kappa shape index (κ3) is 2.12. The molecule has 76 valence electrons. The molecule has 3 nitrogen and oxygen atoms in total. The third-order valence-electron chi connectivity index (χ3n) is 1.91. The van der Waals surface area contributed by atoms with E-state index in [-0.39, 0.29) is 11.8 Å². The Balaban J connectivity index is 2.53. The highest BCUT2D eigenvalue weighted by atomic mass is 79.9. The molecule has 1 aromatic carbocycles. The highest BCUT2D eigenvalue weighted by Crippen LogP contribution is 2.25. The Kier molecular flexibility index (Phi) is 2.64. The van der Waals surface area contributed by atoms with Crippen LogP contribution in [0.3, 0.4) is 0 Å². The van der Waals surface area contributed by atoms with Gasteiger partial charge in [-0.25, -0.2) is 14.4 Å². The smallest absolute Gasteiger partial charge is 0.219 e. The van der Waals surface area contributed by atoms with Crippen LogP contribution < -0.4 is 5.73 Å². The summed E-state index contributed by atoms with van der Waals surface area (Å²) < 4.78 is 14.2. The fraction of sp³-hybridized carbons (Fsp3) is 0. The maximum Gasteiger partial charge on any atom is 0.219 e. The molecule has 0 bridgehead atoms. The van der Waals surface area contributed by atoms with E-state index in [1.54, 1.807) is 12.1 Å². The van der Waals surface area contributed by atoms with Crippen molar-refractivity contribution in [1.29, 1.82) is 0 Å². The highest BCUT2D eigenvalue weighted by Gasteiger charge is 2.06. The van der Waals surface area contributed by atoms with Crippen molar-refractivity contribution in [2.24, 2.45) is 0 Å². The summed E-state index contributed by atoms with van der Waals surface area (Å²) in [6, 6.07) is 4.69. The largest absolute Gasteiger partial charge is 0.368 e. The predicted molar refractivity (Wildman–Crippen MR) is 59.5 cm³/mol. The minimum Gasteiger partial charge on any atom is -0.368 e. The number of nitrogens with two attached hydrogens (primary N) is 1. The molecule has 0 fully saturated rings. The fourth-order valence-electron chi connectivity index (χ4n) is 1.20. The third-order valence-corrected chi connectivity index (χ3v) is 2.40. The molecular formula is C10H7BrFN3. The monoisotopic (exact) mass is 267 g/mol. The van der Waals surface area contributed by atoms with E-state index >= 15 is 0 Å². The standard InChI is InChI=1S/C10H7BrFN3/c11-7-1-2-9(12)8(3-7)6-4-14-10(13)15-5-6/h1-5H,(H2,13,14,15). The number of hydrogen-bond acceptors (Lipinski definition) is 3. The van der Waals surface area contributed by atoms with E-state index in [9.17, 15) is 4.39 Å². The normalized spacial score (nSPS) is 10.3. The van der Waals surface area contributed by atoms with Crippen LogP contribution in [0.2, 0.25) is 0 Å². The Morgan fingerprint density at radius 1 is 1.20 bits per heavy atom. The molecule has 15 heavy (non-hydrogen) atoms. The van der Waals surface area contributed by atoms with Crippen molar-refractivity contribution >= 4 is 21.9 Å². The molecule has 2 N–H and O–H groups in total. The lowest BCUT2D eigenvalue weighted by atomic mass is 10.1. The Morgan fingerprint density at radius 3 is 2.53 bits per heavy atom. The molecule has 0 atom stereocenters. The van der Waals surface area contributed by atoms with Crippen molar-refractivity contribution in [3.63, 3.8) is 0 Å². The second kappa shape index (κ2) is 3.94. The molecule has 0 radical (unpaired) electrons. The molecule has 0 spiro atoms. The predicted octanol–water partition coefficient (Wildman–Crippen LogP) is 2.63. The lowest BCUT2D eigenvalue weighted by molar-refractivity contribution is 0.631. The van der Waals surface area contributed by atoms with Crippen LogP contribution in [0.25, 0.3) is 11.1 Å². The first-order chi connectivity index (χ1) is 7.16. The van der Waals surface area contributed by atoms with Crippen LogP contribution in [0.1, 0.15) is 0 Å². The number of anilines is 1. The summed E-state index contributed by atoms with van der Waals surface area (Å²) in [4.78, 5) is 7.62. The number of hydrogen-bond donors (Lipinski definition) is 1. The molecule has 2 rings (SSSR count). The Bertz CT molecular complexity index is 485. The van der Waals surface area contributed by atoms with Crippen molar-refractivity contribution in [3.05, 3.63) is 40.9 Å². The average molecular weight is 268 g/mol. The second-order valence-electron chi connectivity index (χ2n) is 2.95. The van der Waals surface area contributed by atoms with Crippen LogP contribution in [0, 0.1) is 5.82 Å². The van der Waals surface area contributed by atoms with Gasteiger partial charge in [0.2, 0.25) is 5.95 Å². The maximum absolute atomic E-state index is 13.4. The molecule has 0 saturated carbocycles. The van der Waals surface area contributed by atoms with E-state index < -0.39 is 0 Å². The van der Waals surface area contributed by atoms with Crippen LogP contribution >= 0.6 is 15.9 Å². The lowest BCUT2D eigenvalue weighted by Crippen LogP contribution is -1.94. The molecule has 0 amide bonds. The van der Waals surface area contributed by atoms with E-state index in [2.05, 4.69) is 25.9 Å². The maximum atomic E-state index is 13.4. The van der Waals surface area contributed by atoms with Gasteiger partial charge in [-0.3, -0.25) is 0 Å². The molecule has 5 heteroatoms. The van der Waals surface area contributed by atoms with E-state index in [1.807, 2.05) is 0 Å². The van der Waals surface area contributed by atoms with Gasteiger partial charge in [-0.05, 0) is 18.2 Å². The summed E-state index contributed by atoms with van der Waals surface area (Å²) >= 11 is 3.28. The van der Waals surface area contributed by atoms with Gasteiger partial charge in [0.25, 0.3) is 0 Å². The van der Waals surface area contributed by atoms with Gasteiger partial charge in [-0.15, -0.1) is 0 Å². The second-order valence-corrected chi connectivity index (χ2v) is 3.87. The van der Waals surface area contributed by atoms with Crippen LogP contribution in [-0.4, -0.2) is 9.97 Å².